The van der Waals surface area contributed by atoms with Crippen LogP contribution in [0.1, 0.15) is 265 Å². The zero-order valence-electron chi connectivity index (χ0n) is 45.0. The summed E-state index contributed by atoms with van der Waals surface area (Å²) >= 11 is 0. The molecule has 0 bridgehead atoms. The van der Waals surface area contributed by atoms with E-state index in [1.165, 1.54) is 116 Å². The molecule has 0 aliphatic heterocycles. The molecule has 0 radical (unpaired) electrons. The van der Waals surface area contributed by atoms with Crippen molar-refractivity contribution in [3.05, 3.63) is 97.2 Å². The molecule has 0 amide bonds. The van der Waals surface area contributed by atoms with E-state index in [4.69, 9.17) is 14.2 Å². The van der Waals surface area contributed by atoms with Crippen LogP contribution in [-0.4, -0.2) is 37.2 Å². The van der Waals surface area contributed by atoms with Crippen LogP contribution in [-0.2, 0) is 28.6 Å². The topological polar surface area (TPSA) is 78.9 Å². The van der Waals surface area contributed by atoms with Crippen LogP contribution in [0.3, 0.4) is 0 Å². The number of hydrogen-bond acceptors (Lipinski definition) is 6. The van der Waals surface area contributed by atoms with Gasteiger partial charge in [-0.1, -0.05) is 221 Å². The number of rotatable bonds is 51. The number of hydrogen-bond donors (Lipinski definition) is 0. The molecule has 0 N–H and O–H groups in total. The molecule has 394 valence electrons. The van der Waals surface area contributed by atoms with E-state index in [0.717, 1.165) is 109 Å². The second-order valence-corrected chi connectivity index (χ2v) is 18.8. The lowest BCUT2D eigenvalue weighted by molar-refractivity contribution is -0.167. The van der Waals surface area contributed by atoms with E-state index in [-0.39, 0.29) is 31.1 Å². The lowest BCUT2D eigenvalue weighted by Gasteiger charge is -2.18. The molecule has 0 saturated heterocycles. The van der Waals surface area contributed by atoms with Gasteiger partial charge in [0.15, 0.2) is 6.10 Å². The van der Waals surface area contributed by atoms with Crippen LogP contribution in [0.15, 0.2) is 97.2 Å². The van der Waals surface area contributed by atoms with E-state index in [2.05, 4.69) is 118 Å². The van der Waals surface area contributed by atoms with Crippen molar-refractivity contribution in [3.8, 4) is 0 Å². The molecule has 0 aliphatic carbocycles. The Morgan fingerprint density at radius 3 is 0.899 bits per heavy atom. The van der Waals surface area contributed by atoms with Gasteiger partial charge >= 0.3 is 17.9 Å². The summed E-state index contributed by atoms with van der Waals surface area (Å²) in [5.74, 6) is -0.939. The van der Waals surface area contributed by atoms with Gasteiger partial charge in [0.25, 0.3) is 0 Å². The fourth-order valence-corrected chi connectivity index (χ4v) is 7.73. The van der Waals surface area contributed by atoms with Crippen LogP contribution < -0.4 is 0 Å². The first kappa shape index (κ1) is 65.3. The minimum Gasteiger partial charge on any atom is -0.462 e. The minimum atomic E-state index is -0.799. The zero-order chi connectivity index (χ0) is 50.0. The summed E-state index contributed by atoms with van der Waals surface area (Å²) in [4.78, 5) is 38.1. The number of carbonyl (C=O) groups excluding carboxylic acids is 3. The molecule has 0 heterocycles. The fourth-order valence-electron chi connectivity index (χ4n) is 7.73. The molecule has 0 aromatic carbocycles. The fraction of sp³-hybridized carbons (Fsp3) is 0.698. The number of allylic oxidation sites excluding steroid dienone is 16. The maximum Gasteiger partial charge on any atom is 0.306 e. The summed E-state index contributed by atoms with van der Waals surface area (Å²) in [6.45, 7) is 6.44. The van der Waals surface area contributed by atoms with Gasteiger partial charge in [-0.15, -0.1) is 0 Å². The maximum absolute atomic E-state index is 12.9. The number of carbonyl (C=O) groups is 3. The van der Waals surface area contributed by atoms with Crippen molar-refractivity contribution < 1.29 is 28.6 Å². The van der Waals surface area contributed by atoms with E-state index >= 15 is 0 Å². The SMILES string of the molecule is CC/C=C\C/C=C\C/C=C\CCCCCC(=O)OCC(COC(=O)CCCCCCCC/C=C\C/C=C\C/C=C\CCCCC)OC(=O)CCCCCCCCCCC/C=C\C/C=C\CCCCC. The summed E-state index contributed by atoms with van der Waals surface area (Å²) < 4.78 is 16.8. The molecule has 1 unspecified atom stereocenters. The summed E-state index contributed by atoms with van der Waals surface area (Å²) in [5, 5.41) is 0. The lowest BCUT2D eigenvalue weighted by Crippen LogP contribution is -2.30. The van der Waals surface area contributed by atoms with E-state index in [0.29, 0.717) is 19.3 Å². The van der Waals surface area contributed by atoms with Crippen LogP contribution in [0.4, 0.5) is 0 Å². The van der Waals surface area contributed by atoms with Gasteiger partial charge in [-0.05, 0) is 122 Å². The Morgan fingerprint density at radius 1 is 0.304 bits per heavy atom. The second kappa shape index (κ2) is 56.9. The van der Waals surface area contributed by atoms with Crippen molar-refractivity contribution in [2.45, 2.75) is 271 Å². The highest BCUT2D eigenvalue weighted by Gasteiger charge is 2.19. The number of esters is 3. The molecule has 6 nitrogen and oxygen atoms in total. The number of unbranched alkanes of at least 4 members (excludes halogenated alkanes) is 24. The van der Waals surface area contributed by atoms with Crippen LogP contribution in [0.25, 0.3) is 0 Å². The van der Waals surface area contributed by atoms with Crippen molar-refractivity contribution in [2.24, 2.45) is 0 Å². The van der Waals surface area contributed by atoms with Gasteiger partial charge in [0.05, 0.1) is 0 Å². The molecule has 0 fully saturated rings. The van der Waals surface area contributed by atoms with Crippen LogP contribution in [0.5, 0.6) is 0 Å². The summed E-state index contributed by atoms with van der Waals surface area (Å²) in [6, 6.07) is 0. The molecule has 0 aromatic heterocycles. The monoisotopic (exact) mass is 959 g/mol. The van der Waals surface area contributed by atoms with Crippen LogP contribution in [0, 0.1) is 0 Å². The second-order valence-electron chi connectivity index (χ2n) is 18.8. The van der Waals surface area contributed by atoms with Crippen molar-refractivity contribution in [3.63, 3.8) is 0 Å². The molecule has 0 aromatic rings. The normalized spacial score (nSPS) is 12.8. The molecular weight excluding hydrogens is 853 g/mol. The van der Waals surface area contributed by atoms with E-state index in [1.807, 2.05) is 0 Å². The third-order valence-electron chi connectivity index (χ3n) is 12.0. The largest absolute Gasteiger partial charge is 0.462 e. The average molecular weight is 960 g/mol. The Kier molecular flexibility index (Phi) is 53.9. The molecular formula is C63H106O6. The predicted molar refractivity (Wildman–Crippen MR) is 297 cm³/mol. The zero-order valence-corrected chi connectivity index (χ0v) is 45.0. The van der Waals surface area contributed by atoms with E-state index < -0.39 is 6.10 Å². The summed E-state index contributed by atoms with van der Waals surface area (Å²) in [6.07, 6.45) is 75.4. The minimum absolute atomic E-state index is 0.0961. The third-order valence-corrected chi connectivity index (χ3v) is 12.0. The van der Waals surface area contributed by atoms with E-state index in [9.17, 15) is 14.4 Å². The Labute approximate surface area is 426 Å². The van der Waals surface area contributed by atoms with Crippen molar-refractivity contribution in [1.29, 1.82) is 0 Å². The van der Waals surface area contributed by atoms with Crippen molar-refractivity contribution >= 4 is 17.9 Å². The van der Waals surface area contributed by atoms with Gasteiger partial charge in [0.2, 0.25) is 0 Å². The first-order valence-corrected chi connectivity index (χ1v) is 28.7. The molecule has 6 heteroatoms. The molecule has 1 atom stereocenters. The number of ether oxygens (including phenoxy) is 3. The lowest BCUT2D eigenvalue weighted by atomic mass is 10.1. The smallest absolute Gasteiger partial charge is 0.306 e. The molecule has 0 aliphatic rings. The van der Waals surface area contributed by atoms with Crippen molar-refractivity contribution in [1.82, 2.24) is 0 Å². The predicted octanol–water partition coefficient (Wildman–Crippen LogP) is 19.3. The Bertz CT molecular complexity index is 1380. The van der Waals surface area contributed by atoms with Gasteiger partial charge < -0.3 is 14.2 Å². The van der Waals surface area contributed by atoms with Gasteiger partial charge in [-0.3, -0.25) is 14.4 Å². The van der Waals surface area contributed by atoms with Gasteiger partial charge in [-0.25, -0.2) is 0 Å². The first-order valence-electron chi connectivity index (χ1n) is 28.7. The van der Waals surface area contributed by atoms with Crippen LogP contribution >= 0.6 is 0 Å². The highest BCUT2D eigenvalue weighted by molar-refractivity contribution is 5.71. The third kappa shape index (κ3) is 55.1. The highest BCUT2D eigenvalue weighted by Crippen LogP contribution is 2.14. The average Bonchev–Trinajstić information content (AvgIpc) is 3.35. The van der Waals surface area contributed by atoms with Gasteiger partial charge in [-0.2, -0.15) is 0 Å². The molecule has 0 spiro atoms. The maximum atomic E-state index is 12.9. The molecule has 69 heavy (non-hydrogen) atoms. The van der Waals surface area contributed by atoms with Gasteiger partial charge in [0, 0.05) is 19.3 Å². The Balaban J connectivity index is 4.43. The molecule has 0 rings (SSSR count). The van der Waals surface area contributed by atoms with Crippen molar-refractivity contribution in [2.75, 3.05) is 13.2 Å². The molecule has 0 saturated carbocycles. The standard InChI is InChI=1S/C63H106O6/c1-4-7-10-13-16-19-22-25-27-29-31-33-35-38-41-44-47-50-53-56-62(65)68-59-60(58-67-61(64)55-52-49-46-43-40-37-24-21-18-15-12-9-6-3)69-63(66)57-54-51-48-45-42-39-36-34-32-30-28-26-23-20-17-14-11-8-5-2/h9,12,16-21,25-28,31,33,37,40,60H,4-8,10-11,13-15,22-24,29-30,32,34-36,38-39,41-59H2,1-3H3/b12-9-,19-16-,20-17-,21-18-,27-25-,28-26-,33-31-,40-37-. The van der Waals surface area contributed by atoms with Gasteiger partial charge in [0.1, 0.15) is 13.2 Å². The summed E-state index contributed by atoms with van der Waals surface area (Å²) in [7, 11) is 0. The highest BCUT2D eigenvalue weighted by atomic mass is 16.6. The van der Waals surface area contributed by atoms with E-state index in [1.54, 1.807) is 0 Å². The first-order chi connectivity index (χ1) is 34.0. The quantitative estimate of drug-likeness (QED) is 0.0262. The summed E-state index contributed by atoms with van der Waals surface area (Å²) in [5.41, 5.74) is 0. The van der Waals surface area contributed by atoms with Crippen LogP contribution in [0.2, 0.25) is 0 Å². The Hall–Kier alpha value is -3.67. The Morgan fingerprint density at radius 2 is 0.565 bits per heavy atom.